The first-order chi connectivity index (χ1) is 12.6. The average molecular weight is 384 g/mol. The number of rotatable bonds is 5. The van der Waals surface area contributed by atoms with Gasteiger partial charge >= 0.3 is 0 Å². The van der Waals surface area contributed by atoms with E-state index >= 15 is 0 Å². The Morgan fingerprint density at radius 2 is 2.15 bits per heavy atom. The molecule has 3 heterocycles. The maximum atomic E-state index is 12.6. The molecule has 0 unspecified atom stereocenters. The van der Waals surface area contributed by atoms with Crippen molar-refractivity contribution in [1.29, 1.82) is 0 Å². The molecule has 0 aliphatic heterocycles. The third kappa shape index (κ3) is 3.23. The minimum atomic E-state index is -0.125. The molecular formula is C17H16N6OS2. The molecule has 26 heavy (non-hydrogen) atoms. The third-order valence-electron chi connectivity index (χ3n) is 4.15. The Morgan fingerprint density at radius 3 is 2.92 bits per heavy atom. The van der Waals surface area contributed by atoms with Crippen LogP contribution >= 0.6 is 22.7 Å². The molecule has 3 aromatic heterocycles. The van der Waals surface area contributed by atoms with E-state index in [2.05, 4.69) is 20.4 Å². The van der Waals surface area contributed by atoms with Crippen LogP contribution < -0.4 is 0 Å². The van der Waals surface area contributed by atoms with Crippen LogP contribution in [0.4, 0.5) is 0 Å². The Bertz CT molecular complexity index is 1010. The highest BCUT2D eigenvalue weighted by molar-refractivity contribution is 7.18. The summed E-state index contributed by atoms with van der Waals surface area (Å²) in [6.45, 7) is 2.02. The molecule has 4 rings (SSSR count). The van der Waals surface area contributed by atoms with E-state index in [-0.39, 0.29) is 18.5 Å². The quantitative estimate of drug-likeness (QED) is 0.528. The normalized spacial score (nSPS) is 12.4. The van der Waals surface area contributed by atoms with Crippen LogP contribution in [0.1, 0.15) is 18.0 Å². The molecule has 0 fully saturated rings. The third-order valence-corrected chi connectivity index (χ3v) is 6.04. The number of tetrazole rings is 1. The number of amides is 1. The van der Waals surface area contributed by atoms with Gasteiger partial charge in [-0.2, -0.15) is 16.1 Å². The van der Waals surface area contributed by atoms with Crippen molar-refractivity contribution >= 4 is 38.8 Å². The van der Waals surface area contributed by atoms with E-state index in [0.29, 0.717) is 5.82 Å². The Hall–Kier alpha value is -2.65. The molecule has 0 spiro atoms. The van der Waals surface area contributed by atoms with E-state index in [1.807, 2.05) is 48.0 Å². The van der Waals surface area contributed by atoms with Crippen LogP contribution in [0, 0.1) is 0 Å². The van der Waals surface area contributed by atoms with Crippen LogP contribution in [0.5, 0.6) is 0 Å². The number of thiazole rings is 1. The van der Waals surface area contributed by atoms with Gasteiger partial charge in [0.1, 0.15) is 11.6 Å². The summed E-state index contributed by atoms with van der Waals surface area (Å²) in [7, 11) is 1.77. The van der Waals surface area contributed by atoms with Gasteiger partial charge in [0.25, 0.3) is 0 Å². The SMILES string of the molecule is C[C@H](c1nc2ccccc2s1)N(C)C(=O)Cn1nnc(-c2ccsc2)n1. The van der Waals surface area contributed by atoms with Gasteiger partial charge in [-0.3, -0.25) is 4.79 Å². The minimum absolute atomic E-state index is 0.0445. The fraction of sp³-hybridized carbons (Fsp3) is 0.235. The van der Waals surface area contributed by atoms with Gasteiger partial charge in [-0.05, 0) is 35.7 Å². The molecule has 1 amide bonds. The predicted molar refractivity (Wildman–Crippen MR) is 102 cm³/mol. The number of hydrogen-bond acceptors (Lipinski definition) is 7. The number of thiophene rings is 1. The molecule has 0 saturated carbocycles. The molecule has 0 N–H and O–H groups in total. The van der Waals surface area contributed by atoms with Gasteiger partial charge in [-0.25, -0.2) is 4.98 Å². The lowest BCUT2D eigenvalue weighted by Crippen LogP contribution is -2.33. The summed E-state index contributed by atoms with van der Waals surface area (Å²) in [5, 5.41) is 17.1. The number of carbonyl (C=O) groups is 1. The van der Waals surface area contributed by atoms with Crippen molar-refractivity contribution < 1.29 is 4.79 Å². The highest BCUT2D eigenvalue weighted by Gasteiger charge is 2.22. The molecule has 4 aromatic rings. The Balaban J connectivity index is 1.47. The second-order valence-corrected chi connectivity index (χ2v) is 7.70. The number of hydrogen-bond donors (Lipinski definition) is 0. The lowest BCUT2D eigenvalue weighted by atomic mass is 10.3. The number of nitrogens with zero attached hydrogens (tertiary/aromatic N) is 6. The largest absolute Gasteiger partial charge is 0.335 e. The van der Waals surface area contributed by atoms with Crippen molar-refractivity contribution in [3.05, 3.63) is 46.1 Å². The van der Waals surface area contributed by atoms with Gasteiger partial charge in [0.15, 0.2) is 0 Å². The van der Waals surface area contributed by atoms with Gasteiger partial charge in [0, 0.05) is 18.0 Å². The van der Waals surface area contributed by atoms with Crippen LogP contribution in [0.15, 0.2) is 41.1 Å². The van der Waals surface area contributed by atoms with Gasteiger partial charge in [0.2, 0.25) is 11.7 Å². The summed E-state index contributed by atoms with van der Waals surface area (Å²) in [4.78, 5) is 20.3. The number of fused-ring (bicyclic) bond motifs is 1. The maximum absolute atomic E-state index is 12.6. The summed E-state index contributed by atoms with van der Waals surface area (Å²) in [6.07, 6.45) is 0. The standard InChI is InChI=1S/C17H16N6OS2/c1-11(17-18-13-5-3-4-6-14(13)26-17)22(2)15(24)9-23-20-16(19-21-23)12-7-8-25-10-12/h3-8,10-11H,9H2,1-2H3/t11-/m1/s1. The molecule has 1 atom stereocenters. The number of likely N-dealkylation sites (N-methyl/N-ethyl adjacent to an activating group) is 1. The van der Waals surface area contributed by atoms with E-state index in [4.69, 9.17) is 0 Å². The molecule has 9 heteroatoms. The molecule has 0 aliphatic rings. The zero-order valence-corrected chi connectivity index (χ0v) is 15.9. The first-order valence-electron chi connectivity index (χ1n) is 8.03. The molecule has 0 aliphatic carbocycles. The van der Waals surface area contributed by atoms with Crippen molar-refractivity contribution in [2.75, 3.05) is 7.05 Å². The zero-order valence-electron chi connectivity index (χ0n) is 14.2. The van der Waals surface area contributed by atoms with Gasteiger partial charge in [-0.1, -0.05) is 12.1 Å². The summed E-state index contributed by atoms with van der Waals surface area (Å²) in [6, 6.07) is 9.78. The van der Waals surface area contributed by atoms with Crippen LogP contribution in [0.25, 0.3) is 21.6 Å². The van der Waals surface area contributed by atoms with Crippen molar-refractivity contribution in [3.63, 3.8) is 0 Å². The van der Waals surface area contributed by atoms with E-state index < -0.39 is 0 Å². The second kappa shape index (κ2) is 6.93. The molecule has 7 nitrogen and oxygen atoms in total. The molecule has 1 aromatic carbocycles. The van der Waals surface area contributed by atoms with Crippen LogP contribution in [-0.2, 0) is 11.3 Å². The average Bonchev–Trinajstić information content (AvgIpc) is 3.39. The second-order valence-electron chi connectivity index (χ2n) is 5.86. The van der Waals surface area contributed by atoms with Gasteiger partial charge < -0.3 is 4.90 Å². The van der Waals surface area contributed by atoms with Crippen LogP contribution in [-0.4, -0.2) is 43.0 Å². The summed E-state index contributed by atoms with van der Waals surface area (Å²) in [5.74, 6) is 0.437. The summed E-state index contributed by atoms with van der Waals surface area (Å²) >= 11 is 3.17. The van der Waals surface area contributed by atoms with E-state index in [0.717, 1.165) is 20.8 Å². The Labute approximate surface area is 157 Å². The zero-order chi connectivity index (χ0) is 18.1. The fourth-order valence-corrected chi connectivity index (χ4v) is 4.20. The predicted octanol–water partition coefficient (Wildman–Crippen LogP) is 3.23. The molecule has 132 valence electrons. The highest BCUT2D eigenvalue weighted by Crippen LogP contribution is 2.28. The topological polar surface area (TPSA) is 76.8 Å². The number of carbonyl (C=O) groups excluding carboxylic acids is 1. The van der Waals surface area contributed by atoms with Crippen LogP contribution in [0.2, 0.25) is 0 Å². The van der Waals surface area contributed by atoms with Gasteiger partial charge in [-0.15, -0.1) is 21.5 Å². The number of aromatic nitrogens is 5. The van der Waals surface area contributed by atoms with Crippen LogP contribution in [0.3, 0.4) is 0 Å². The van der Waals surface area contributed by atoms with E-state index in [9.17, 15) is 4.79 Å². The minimum Gasteiger partial charge on any atom is -0.335 e. The molecular weight excluding hydrogens is 368 g/mol. The summed E-state index contributed by atoms with van der Waals surface area (Å²) in [5.41, 5.74) is 1.86. The monoisotopic (exact) mass is 384 g/mol. The Morgan fingerprint density at radius 1 is 1.31 bits per heavy atom. The highest BCUT2D eigenvalue weighted by atomic mass is 32.1. The lowest BCUT2D eigenvalue weighted by Gasteiger charge is -2.22. The van der Waals surface area contributed by atoms with E-state index in [1.54, 1.807) is 34.6 Å². The summed E-state index contributed by atoms with van der Waals surface area (Å²) < 4.78 is 1.12. The van der Waals surface area contributed by atoms with Crippen molar-refractivity contribution in [3.8, 4) is 11.4 Å². The number of benzene rings is 1. The van der Waals surface area contributed by atoms with Gasteiger partial charge in [0.05, 0.1) is 16.3 Å². The molecule has 0 radical (unpaired) electrons. The van der Waals surface area contributed by atoms with Crippen molar-refractivity contribution in [1.82, 2.24) is 30.1 Å². The fourth-order valence-electron chi connectivity index (χ4n) is 2.50. The van der Waals surface area contributed by atoms with E-state index in [1.165, 1.54) is 4.80 Å². The van der Waals surface area contributed by atoms with Crippen molar-refractivity contribution in [2.45, 2.75) is 19.5 Å². The van der Waals surface area contributed by atoms with Crippen molar-refractivity contribution in [2.24, 2.45) is 0 Å². The first kappa shape index (κ1) is 16.8. The molecule has 0 bridgehead atoms. The lowest BCUT2D eigenvalue weighted by molar-refractivity contribution is -0.132. The first-order valence-corrected chi connectivity index (χ1v) is 9.79. The Kier molecular flexibility index (Phi) is 4.48. The number of para-hydroxylation sites is 1. The smallest absolute Gasteiger partial charge is 0.246 e. The molecule has 0 saturated heterocycles. The maximum Gasteiger partial charge on any atom is 0.246 e.